The van der Waals surface area contributed by atoms with Crippen LogP contribution in [0.2, 0.25) is 0 Å². The summed E-state index contributed by atoms with van der Waals surface area (Å²) >= 11 is 0. The van der Waals surface area contributed by atoms with Crippen LogP contribution in [-0.2, 0) is 0 Å². The predicted molar refractivity (Wildman–Crippen MR) is 31.4 cm³/mol. The topological polar surface area (TPSA) is 0 Å². The molecular weight excluding hydrogens is 287 g/mol. The molecule has 0 heterocycles. The van der Waals surface area contributed by atoms with E-state index in [2.05, 4.69) is 0 Å². The zero-order valence-corrected chi connectivity index (χ0v) is 0. The SMILES string of the molecule is [BaH2].[KH].[NaH].[SrH2]. The van der Waals surface area contributed by atoms with Gasteiger partial charge in [0.05, 0.1) is 0 Å². The Labute approximate surface area is 169 Å². The summed E-state index contributed by atoms with van der Waals surface area (Å²) in [5.74, 6) is 0. The summed E-state index contributed by atoms with van der Waals surface area (Å²) in [5.41, 5.74) is 0. The number of hydrogen-bond acceptors (Lipinski definition) is 0. The van der Waals surface area contributed by atoms with E-state index in [1.54, 1.807) is 0 Å². The molecule has 0 N–H and O–H groups in total. The van der Waals surface area contributed by atoms with Crippen LogP contribution in [0.25, 0.3) is 0 Å². The third kappa shape index (κ3) is 10.6. The van der Waals surface area contributed by atoms with Gasteiger partial charge in [0.1, 0.15) is 0 Å². The van der Waals surface area contributed by atoms with Gasteiger partial charge in [0.25, 0.3) is 0 Å². The van der Waals surface area contributed by atoms with Gasteiger partial charge in [0.15, 0.2) is 0 Å². The van der Waals surface area contributed by atoms with Crippen molar-refractivity contribution in [1.29, 1.82) is 0 Å². The molecule has 12 valence electrons. The molecule has 0 atom stereocenters. The van der Waals surface area contributed by atoms with Crippen LogP contribution in [0.1, 0.15) is 0 Å². The van der Waals surface area contributed by atoms with Gasteiger partial charge in [-0.25, -0.2) is 0 Å². The zero-order chi connectivity index (χ0) is 0. The van der Waals surface area contributed by atoms with Crippen molar-refractivity contribution in [3.8, 4) is 0 Å². The molecule has 0 aliphatic heterocycles. The summed E-state index contributed by atoms with van der Waals surface area (Å²) in [7, 11) is 0. The molecule has 0 aromatic heterocycles. The Balaban J connectivity index is 0. The van der Waals surface area contributed by atoms with E-state index in [0.29, 0.717) is 0 Å². The molecule has 0 aliphatic carbocycles. The summed E-state index contributed by atoms with van der Waals surface area (Å²) in [6.45, 7) is 0. The molecule has 0 nitrogen and oxygen atoms in total. The minimum atomic E-state index is 0. The monoisotopic (exact) mass is 294 g/mol. The Morgan fingerprint density at radius 1 is 1.00 bits per heavy atom. The maximum absolute atomic E-state index is 0. The first-order valence-electron chi connectivity index (χ1n) is 0. The quantitative estimate of drug-likeness (QED) is 0.414. The molecular formula is H6BaKNaSr. The van der Waals surface area contributed by atoms with Gasteiger partial charge in [-0.05, 0) is 0 Å². The van der Waals surface area contributed by atoms with Crippen molar-refractivity contribution in [3.05, 3.63) is 0 Å². The normalized spacial score (nSPS) is 0. The Bertz CT molecular complexity index is 8.00. The van der Waals surface area contributed by atoms with Crippen molar-refractivity contribution in [1.82, 2.24) is 0 Å². The van der Waals surface area contributed by atoms with Crippen LogP contribution >= 0.6 is 0 Å². The van der Waals surface area contributed by atoms with Gasteiger partial charge in [-0.3, -0.25) is 0 Å². The second-order valence-corrected chi connectivity index (χ2v) is 0. The fourth-order valence-electron chi connectivity index (χ4n) is 0. The molecule has 0 spiro atoms. The van der Waals surface area contributed by atoms with Crippen molar-refractivity contribution in [2.75, 3.05) is 0 Å². The zero-order valence-electron chi connectivity index (χ0n) is 0. The van der Waals surface area contributed by atoms with Gasteiger partial charge in [0, 0.05) is 0 Å². The number of rotatable bonds is 0. The third-order valence-corrected chi connectivity index (χ3v) is 0. The molecule has 0 aliphatic rings. The van der Waals surface area contributed by atoms with Gasteiger partial charge in [-0.15, -0.1) is 0 Å². The van der Waals surface area contributed by atoms with Crippen molar-refractivity contribution in [2.24, 2.45) is 0 Å². The first-order valence-corrected chi connectivity index (χ1v) is 0. The van der Waals surface area contributed by atoms with Crippen LogP contribution in [-0.4, -0.2) is 175 Å². The molecule has 4 heteroatoms. The fraction of sp³-hybridized carbons (Fsp3) is 0. The van der Waals surface area contributed by atoms with Crippen LogP contribution in [0.5, 0.6) is 0 Å². The molecule has 0 saturated heterocycles. The Kier molecular flexibility index (Phi) is 89.7. The van der Waals surface area contributed by atoms with E-state index in [1.165, 1.54) is 0 Å². The average Bonchev–Trinajstić information content (AvgIpc) is 0. The molecule has 0 bridgehead atoms. The molecule has 0 unspecified atom stereocenters. The molecule has 0 aromatic carbocycles. The molecule has 0 radical (unpaired) electrons. The number of hydrogen-bond donors (Lipinski definition) is 0. The van der Waals surface area contributed by atoms with Crippen LogP contribution in [0.4, 0.5) is 0 Å². The van der Waals surface area contributed by atoms with Gasteiger partial charge in [-0.2, -0.15) is 0 Å². The van der Waals surface area contributed by atoms with E-state index in [-0.39, 0.29) is 175 Å². The van der Waals surface area contributed by atoms with Gasteiger partial charge < -0.3 is 0 Å². The predicted octanol–water partition coefficient (Wildman–Crippen LogP) is -3.13. The summed E-state index contributed by atoms with van der Waals surface area (Å²) in [5, 5.41) is 0. The third-order valence-electron chi connectivity index (χ3n) is 0. The molecule has 0 fully saturated rings. The molecule has 0 aromatic rings. The van der Waals surface area contributed by atoms with Crippen LogP contribution in [0, 0.1) is 0 Å². The second-order valence-electron chi connectivity index (χ2n) is 0. The minimum absolute atomic E-state index is 0. The van der Waals surface area contributed by atoms with Crippen molar-refractivity contribution in [3.63, 3.8) is 0 Å². The van der Waals surface area contributed by atoms with Gasteiger partial charge >= 0.3 is 175 Å². The first-order chi connectivity index (χ1) is 0. The van der Waals surface area contributed by atoms with Gasteiger partial charge in [0.2, 0.25) is 0 Å². The fourth-order valence-corrected chi connectivity index (χ4v) is 0. The standard InChI is InChI=1S/Ba.K.Na.Sr.6H. The first kappa shape index (κ1) is 22.6. The molecule has 0 rings (SSSR count). The Morgan fingerprint density at radius 3 is 1.00 bits per heavy atom. The van der Waals surface area contributed by atoms with Crippen molar-refractivity contribution in [2.45, 2.75) is 0 Å². The van der Waals surface area contributed by atoms with E-state index < -0.39 is 0 Å². The molecule has 0 amide bonds. The summed E-state index contributed by atoms with van der Waals surface area (Å²) in [6.07, 6.45) is 0. The maximum atomic E-state index is 0. The second kappa shape index (κ2) is 15.9. The molecule has 4 heavy (non-hydrogen) atoms. The van der Waals surface area contributed by atoms with Crippen molar-refractivity contribution >= 4 is 175 Å². The van der Waals surface area contributed by atoms with E-state index in [0.717, 1.165) is 0 Å². The molecule has 0 saturated carbocycles. The van der Waals surface area contributed by atoms with Crippen molar-refractivity contribution < 1.29 is 0 Å². The van der Waals surface area contributed by atoms with E-state index in [4.69, 9.17) is 0 Å². The Hall–Kier alpha value is 5.69. The van der Waals surface area contributed by atoms with Crippen LogP contribution in [0.3, 0.4) is 0 Å². The summed E-state index contributed by atoms with van der Waals surface area (Å²) in [4.78, 5) is 0. The van der Waals surface area contributed by atoms with Crippen LogP contribution < -0.4 is 0 Å². The van der Waals surface area contributed by atoms with E-state index in [1.807, 2.05) is 0 Å². The summed E-state index contributed by atoms with van der Waals surface area (Å²) in [6, 6.07) is 0. The Morgan fingerprint density at radius 2 is 1.00 bits per heavy atom. The van der Waals surface area contributed by atoms with Crippen LogP contribution in [0.15, 0.2) is 0 Å². The average molecular weight is 293 g/mol. The van der Waals surface area contributed by atoms with Gasteiger partial charge in [-0.1, -0.05) is 0 Å². The summed E-state index contributed by atoms with van der Waals surface area (Å²) < 4.78 is 0. The van der Waals surface area contributed by atoms with E-state index in [9.17, 15) is 0 Å². The van der Waals surface area contributed by atoms with E-state index >= 15 is 0 Å².